The molecule has 0 saturated carbocycles. The van der Waals surface area contributed by atoms with Gasteiger partial charge in [0.2, 0.25) is 0 Å². The molecule has 0 spiro atoms. The fraction of sp³-hybridized carbons (Fsp3) is 0.636. The molecule has 0 fully saturated rings. The quantitative estimate of drug-likeness (QED) is 0.303. The van der Waals surface area contributed by atoms with Gasteiger partial charge in [0.1, 0.15) is 11.9 Å². The van der Waals surface area contributed by atoms with Crippen molar-refractivity contribution in [1.29, 1.82) is 0 Å². The van der Waals surface area contributed by atoms with Crippen molar-refractivity contribution in [2.75, 3.05) is 0 Å². The molecule has 0 unspecified atom stereocenters. The number of carbonyl (C=O) groups is 4. The maximum atomic E-state index is 9.48. The number of carboxylic acid groups (broad SMARTS) is 2. The van der Waals surface area contributed by atoms with E-state index >= 15 is 0 Å². The van der Waals surface area contributed by atoms with Crippen molar-refractivity contribution < 1.29 is 106 Å². The van der Waals surface area contributed by atoms with Gasteiger partial charge in [-0.3, -0.25) is 9.59 Å². The number of aliphatic carboxylic acids is 2. The van der Waals surface area contributed by atoms with Gasteiger partial charge in [0, 0.05) is 30.9 Å². The zero-order valence-corrected chi connectivity index (χ0v) is 15.4. The Labute approximate surface area is 199 Å². The van der Waals surface area contributed by atoms with Gasteiger partial charge in [-0.25, -0.2) is 0 Å². The average molecular weight is 539 g/mol. The first kappa shape index (κ1) is 74.4. The molecule has 12 heteroatoms. The number of hydrogen-bond donors (Lipinski definition) is 0. The fourth-order valence-corrected chi connectivity index (χ4v) is 0. The van der Waals surface area contributed by atoms with Crippen LogP contribution in [0.5, 0.6) is 0 Å². The Kier molecular flexibility index (Phi) is 183. The molecule has 6 nitrogen and oxygen atoms in total. The Balaban J connectivity index is -0.00000000918. The molecule has 0 aromatic carbocycles. The molecule has 0 bridgehead atoms. The first-order chi connectivity index (χ1) is 6.70. The number of ketones is 2. The monoisotopic (exact) mass is 536 g/mol. The summed E-state index contributed by atoms with van der Waals surface area (Å²) in [5.74, 6) is -5.13. The molecule has 0 aromatic heterocycles. The summed E-state index contributed by atoms with van der Waals surface area (Å²) in [6, 6.07) is 0. The van der Waals surface area contributed by atoms with E-state index < -0.39 is 23.5 Å². The Morgan fingerprint density at radius 3 is 0.783 bits per heavy atom. The molecule has 0 aliphatic carbocycles. The predicted octanol–water partition coefficient (Wildman–Crippen LogP) is -1.79. The smallest absolute Gasteiger partial charge is 0 e. The van der Waals surface area contributed by atoms with Crippen LogP contribution >= 0.6 is 20.2 Å². The standard InChI is InChI=1S/2C3H4O3.5CH4.2ClH.3Cu.Na/c2*1-2(4)3(5)6;;;;;;;;;;;/h2*1H3,(H,5,6);5*1H4;2*1H;;;;/q;;;;;;;;;;+1;+2;+1/p-4. The Hall–Kier alpha value is 1.42. The van der Waals surface area contributed by atoms with Crippen LogP contribution in [-0.2, 0) is 66.4 Å². The van der Waals surface area contributed by atoms with E-state index in [9.17, 15) is 29.4 Å². The maximum absolute atomic E-state index is 9.48. The van der Waals surface area contributed by atoms with Crippen LogP contribution in [0.15, 0.2) is 0 Å². The Morgan fingerprint density at radius 1 is 0.739 bits per heavy atom. The molecular weight excluding hydrogens is 513 g/mol. The molecule has 154 valence electrons. The average Bonchev–Trinajstić information content (AvgIpc) is 2.06. The summed E-state index contributed by atoms with van der Waals surface area (Å²) in [7, 11) is 9.34. The van der Waals surface area contributed by atoms with E-state index in [0.717, 1.165) is 27.0 Å². The number of carboxylic acids is 2. The van der Waals surface area contributed by atoms with Crippen molar-refractivity contribution in [2.24, 2.45) is 0 Å². The van der Waals surface area contributed by atoms with E-state index in [0.29, 0.717) is 0 Å². The SMILES string of the molecule is C.C.C.C.C.CC(=O)C(=O)[O-].CC(=O)C(=O)[O-].[Cl][Cu][Cl].[Cu+].[Cu].[Na+]. The van der Waals surface area contributed by atoms with E-state index in [1.807, 2.05) is 0 Å². The van der Waals surface area contributed by atoms with Crippen molar-refractivity contribution in [3.05, 3.63) is 0 Å². The molecular formula is C11H26Cl2Cu3NaO6. The van der Waals surface area contributed by atoms with Crippen LogP contribution in [0.3, 0.4) is 0 Å². The molecule has 0 aromatic rings. The van der Waals surface area contributed by atoms with Gasteiger partial charge >= 0.3 is 80.0 Å². The summed E-state index contributed by atoms with van der Waals surface area (Å²) in [4.78, 5) is 37.4. The second-order valence-electron chi connectivity index (χ2n) is 1.73. The number of halogens is 2. The second-order valence-corrected chi connectivity index (χ2v) is 3.29. The van der Waals surface area contributed by atoms with E-state index in [4.69, 9.17) is 0 Å². The van der Waals surface area contributed by atoms with Gasteiger partial charge in [0.25, 0.3) is 0 Å². The van der Waals surface area contributed by atoms with E-state index in [-0.39, 0.29) is 101 Å². The van der Waals surface area contributed by atoms with E-state index in [1.54, 1.807) is 0 Å². The summed E-state index contributed by atoms with van der Waals surface area (Å²) in [5.41, 5.74) is 0. The predicted molar refractivity (Wildman–Crippen MR) is 76.7 cm³/mol. The van der Waals surface area contributed by atoms with Crippen LogP contribution in [0.2, 0.25) is 0 Å². The van der Waals surface area contributed by atoms with Crippen molar-refractivity contribution in [3.8, 4) is 0 Å². The van der Waals surface area contributed by atoms with Crippen LogP contribution in [0.25, 0.3) is 0 Å². The minimum absolute atomic E-state index is 0. The van der Waals surface area contributed by atoms with Crippen LogP contribution in [-0.4, -0.2) is 23.5 Å². The summed E-state index contributed by atoms with van der Waals surface area (Å²) >= 11 is 0.757. The number of Topliss-reactive ketones (excluding diaryl/α,β-unsaturated/α-hetero) is 2. The van der Waals surface area contributed by atoms with Gasteiger partial charge in [-0.15, -0.1) is 0 Å². The topological polar surface area (TPSA) is 114 Å². The molecule has 0 aliphatic heterocycles. The fourth-order valence-electron chi connectivity index (χ4n) is 0. The molecule has 1 radical (unpaired) electrons. The number of carbonyl (C=O) groups excluding carboxylic acids is 4. The molecule has 0 N–H and O–H groups in total. The van der Waals surface area contributed by atoms with Gasteiger partial charge in [-0.2, -0.15) is 0 Å². The first-order valence-electron chi connectivity index (χ1n) is 2.95. The summed E-state index contributed by atoms with van der Waals surface area (Å²) < 4.78 is 0. The number of hydrogen-bond acceptors (Lipinski definition) is 6. The normalized spacial score (nSPS) is 4.87. The van der Waals surface area contributed by atoms with Gasteiger partial charge < -0.3 is 19.8 Å². The Morgan fingerprint density at radius 2 is 0.783 bits per heavy atom. The first-order valence-corrected chi connectivity index (χ1v) is 5.54. The minimum atomic E-state index is -1.63. The maximum Gasteiger partial charge on any atom is 1.00 e. The summed E-state index contributed by atoms with van der Waals surface area (Å²) in [6.07, 6.45) is 0. The molecule has 0 aliphatic rings. The largest absolute Gasteiger partial charge is 1.00 e. The summed E-state index contributed by atoms with van der Waals surface area (Å²) in [6.45, 7) is 1.88. The summed E-state index contributed by atoms with van der Waals surface area (Å²) in [5, 5.41) is 18.5. The Bertz CT molecular complexity index is 212. The van der Waals surface area contributed by atoms with Gasteiger partial charge in [0.05, 0.1) is 0 Å². The van der Waals surface area contributed by atoms with Gasteiger partial charge in [0.15, 0.2) is 11.6 Å². The molecule has 0 heterocycles. The van der Waals surface area contributed by atoms with E-state index in [1.165, 1.54) is 0 Å². The molecule has 0 atom stereocenters. The zero-order chi connectivity index (χ0) is 13.0. The van der Waals surface area contributed by atoms with Crippen molar-refractivity contribution in [3.63, 3.8) is 0 Å². The van der Waals surface area contributed by atoms with Crippen LogP contribution in [0.1, 0.15) is 51.0 Å². The molecule has 0 rings (SSSR count). The van der Waals surface area contributed by atoms with Crippen LogP contribution < -0.4 is 39.8 Å². The van der Waals surface area contributed by atoms with Crippen molar-refractivity contribution in [1.82, 2.24) is 0 Å². The van der Waals surface area contributed by atoms with Crippen molar-refractivity contribution >= 4 is 43.7 Å². The second kappa shape index (κ2) is 56.6. The third kappa shape index (κ3) is 121. The molecule has 0 saturated heterocycles. The molecule has 23 heavy (non-hydrogen) atoms. The zero-order valence-electron chi connectivity index (χ0n) is 9.11. The number of rotatable bonds is 2. The third-order valence-corrected chi connectivity index (χ3v) is 0.575. The minimum Gasteiger partial charge on any atom is 0 e. The van der Waals surface area contributed by atoms with Gasteiger partial charge in [-0.05, 0) is 0 Å². The van der Waals surface area contributed by atoms with E-state index in [2.05, 4.69) is 20.2 Å². The van der Waals surface area contributed by atoms with Crippen molar-refractivity contribution in [2.45, 2.75) is 51.0 Å². The third-order valence-electron chi connectivity index (χ3n) is 0.575. The van der Waals surface area contributed by atoms with Crippen LogP contribution in [0.4, 0.5) is 0 Å². The van der Waals surface area contributed by atoms with Gasteiger partial charge in [-0.1, -0.05) is 37.1 Å². The molecule has 0 amide bonds. The van der Waals surface area contributed by atoms with Crippen LogP contribution in [0, 0.1) is 0 Å².